The Morgan fingerprint density at radius 1 is 0.711 bits per heavy atom. The summed E-state index contributed by atoms with van der Waals surface area (Å²) in [6.07, 6.45) is -2.15. The van der Waals surface area contributed by atoms with Crippen molar-refractivity contribution < 1.29 is 39.3 Å². The van der Waals surface area contributed by atoms with E-state index in [1.54, 1.807) is 60.7 Å². The molecule has 0 aliphatic rings. The number of hydrogen-bond acceptors (Lipinski definition) is 7. The Balaban J connectivity index is 2.26. The number of carboxylic acid groups (broad SMARTS) is 2. The maximum Gasteiger partial charge on any atom is 0.326 e. The van der Waals surface area contributed by atoms with Crippen molar-refractivity contribution in [1.82, 2.24) is 16.0 Å². The van der Waals surface area contributed by atoms with Crippen LogP contribution in [0.2, 0.25) is 0 Å². The minimum absolute atomic E-state index is 0.0111. The minimum Gasteiger partial charge on any atom is -0.481 e. The first-order valence-electron chi connectivity index (χ1n) is 11.8. The van der Waals surface area contributed by atoms with Crippen LogP contribution in [0, 0.1) is 0 Å². The average Bonchev–Trinajstić information content (AvgIpc) is 2.87. The maximum atomic E-state index is 13.2. The Bertz CT molecular complexity index is 1110. The van der Waals surface area contributed by atoms with Gasteiger partial charge in [0.15, 0.2) is 0 Å². The third-order valence-electron chi connectivity index (χ3n) is 5.65. The molecule has 0 aliphatic carbocycles. The zero-order valence-electron chi connectivity index (χ0n) is 20.7. The van der Waals surface area contributed by atoms with Crippen molar-refractivity contribution in [2.75, 3.05) is 0 Å². The van der Waals surface area contributed by atoms with Gasteiger partial charge in [-0.2, -0.15) is 0 Å². The third kappa shape index (κ3) is 9.64. The van der Waals surface area contributed by atoms with E-state index in [1.165, 1.54) is 6.92 Å². The number of amides is 3. The predicted molar refractivity (Wildman–Crippen MR) is 136 cm³/mol. The molecule has 0 radical (unpaired) electrons. The molecule has 0 aliphatic heterocycles. The van der Waals surface area contributed by atoms with Crippen molar-refractivity contribution in [2.24, 2.45) is 5.73 Å². The van der Waals surface area contributed by atoms with Gasteiger partial charge in [0.05, 0.1) is 12.5 Å². The molecule has 204 valence electrons. The summed E-state index contributed by atoms with van der Waals surface area (Å²) in [7, 11) is 0. The Morgan fingerprint density at radius 2 is 1.13 bits per heavy atom. The Morgan fingerprint density at radius 3 is 1.58 bits per heavy atom. The van der Waals surface area contributed by atoms with E-state index in [-0.39, 0.29) is 12.8 Å². The van der Waals surface area contributed by atoms with E-state index >= 15 is 0 Å². The number of carbonyl (C=O) groups excluding carboxylic acids is 3. The number of nitrogens with two attached hydrogens (primary N) is 1. The lowest BCUT2D eigenvalue weighted by Crippen LogP contribution is -2.59. The van der Waals surface area contributed by atoms with Gasteiger partial charge in [-0.05, 0) is 18.1 Å². The zero-order chi connectivity index (χ0) is 28.2. The Kier molecular flexibility index (Phi) is 11.4. The first kappa shape index (κ1) is 29.9. The van der Waals surface area contributed by atoms with Crippen molar-refractivity contribution in [3.8, 4) is 0 Å². The molecule has 2 aromatic rings. The first-order chi connectivity index (χ1) is 18.0. The highest BCUT2D eigenvalue weighted by atomic mass is 16.4. The molecule has 0 spiro atoms. The number of carboxylic acids is 2. The average molecular weight is 529 g/mol. The van der Waals surface area contributed by atoms with Crippen LogP contribution in [0.5, 0.6) is 0 Å². The maximum absolute atomic E-state index is 13.2. The number of aliphatic hydroxyl groups excluding tert-OH is 1. The number of rotatable bonds is 14. The third-order valence-corrected chi connectivity index (χ3v) is 5.65. The normalized spacial score (nSPS) is 14.7. The number of aliphatic carboxylic acids is 2. The van der Waals surface area contributed by atoms with Crippen LogP contribution in [-0.4, -0.2) is 75.3 Å². The topological polar surface area (TPSA) is 208 Å². The van der Waals surface area contributed by atoms with E-state index in [4.69, 9.17) is 5.73 Å². The fraction of sp³-hybridized carbons (Fsp3) is 0.346. The fourth-order valence-electron chi connectivity index (χ4n) is 3.52. The molecule has 0 fully saturated rings. The quantitative estimate of drug-likeness (QED) is 0.163. The lowest BCUT2D eigenvalue weighted by atomic mass is 10.0. The molecule has 12 nitrogen and oxygen atoms in total. The smallest absolute Gasteiger partial charge is 0.326 e. The van der Waals surface area contributed by atoms with Gasteiger partial charge in [-0.1, -0.05) is 60.7 Å². The molecule has 3 amide bonds. The molecule has 12 heteroatoms. The van der Waals surface area contributed by atoms with Gasteiger partial charge in [0, 0.05) is 12.8 Å². The second kappa shape index (κ2) is 14.4. The number of nitrogens with one attached hydrogen (secondary N) is 3. The van der Waals surface area contributed by atoms with Gasteiger partial charge < -0.3 is 37.0 Å². The second-order valence-electron chi connectivity index (χ2n) is 8.77. The Labute approximate surface area is 219 Å². The number of aliphatic hydroxyl groups is 1. The van der Waals surface area contributed by atoms with Crippen molar-refractivity contribution in [2.45, 2.75) is 56.5 Å². The van der Waals surface area contributed by atoms with Crippen LogP contribution in [-0.2, 0) is 36.8 Å². The summed E-state index contributed by atoms with van der Waals surface area (Å²) in [4.78, 5) is 61.7. The molecular formula is C26H32N4O8. The molecule has 0 bridgehead atoms. The van der Waals surface area contributed by atoms with Gasteiger partial charge in [0.2, 0.25) is 17.7 Å². The largest absolute Gasteiger partial charge is 0.481 e. The van der Waals surface area contributed by atoms with Crippen LogP contribution in [0.3, 0.4) is 0 Å². The number of hydrogen-bond donors (Lipinski definition) is 7. The predicted octanol–water partition coefficient (Wildman–Crippen LogP) is -0.806. The standard InChI is InChI=1S/C26H32N4O8/c1-15(31)22(27)25(36)29-19(14-21(32)33)24(35)28-18(12-16-8-4-2-5-9-16)23(34)30-20(26(37)38)13-17-10-6-3-7-11-17/h2-11,15,18-20,22,31H,12-14,27H2,1H3,(H,28,35)(H,29,36)(H,30,34)(H,32,33)(H,37,38). The van der Waals surface area contributed by atoms with E-state index in [9.17, 15) is 39.3 Å². The molecule has 2 rings (SSSR count). The van der Waals surface area contributed by atoms with Crippen molar-refractivity contribution >= 4 is 29.7 Å². The molecule has 0 heterocycles. The SMILES string of the molecule is CC(O)C(N)C(=O)NC(CC(=O)O)C(=O)NC(Cc1ccccc1)C(=O)NC(Cc1ccccc1)C(=O)O. The van der Waals surface area contributed by atoms with E-state index < -0.39 is 66.4 Å². The number of carbonyl (C=O) groups is 5. The zero-order valence-corrected chi connectivity index (χ0v) is 20.7. The first-order valence-corrected chi connectivity index (χ1v) is 11.8. The van der Waals surface area contributed by atoms with Gasteiger partial charge >= 0.3 is 11.9 Å². The minimum atomic E-state index is -1.62. The summed E-state index contributed by atoms with van der Waals surface area (Å²) in [5.41, 5.74) is 6.88. The van der Waals surface area contributed by atoms with Crippen molar-refractivity contribution in [3.63, 3.8) is 0 Å². The van der Waals surface area contributed by atoms with Crippen LogP contribution in [0.25, 0.3) is 0 Å². The van der Waals surface area contributed by atoms with E-state index in [2.05, 4.69) is 16.0 Å². The molecule has 5 atom stereocenters. The van der Waals surface area contributed by atoms with Gasteiger partial charge in [0.25, 0.3) is 0 Å². The highest BCUT2D eigenvalue weighted by Gasteiger charge is 2.32. The molecule has 2 aromatic carbocycles. The summed E-state index contributed by atoms with van der Waals surface area (Å²) in [6.45, 7) is 1.26. The summed E-state index contributed by atoms with van der Waals surface area (Å²) in [6, 6.07) is 11.6. The summed E-state index contributed by atoms with van der Waals surface area (Å²) >= 11 is 0. The Hall–Kier alpha value is -4.29. The monoisotopic (exact) mass is 528 g/mol. The molecular weight excluding hydrogens is 496 g/mol. The van der Waals surface area contributed by atoms with Crippen LogP contribution < -0.4 is 21.7 Å². The van der Waals surface area contributed by atoms with Crippen LogP contribution >= 0.6 is 0 Å². The van der Waals surface area contributed by atoms with Gasteiger partial charge in [-0.3, -0.25) is 19.2 Å². The summed E-state index contributed by atoms with van der Waals surface area (Å²) in [5, 5.41) is 35.5. The second-order valence-corrected chi connectivity index (χ2v) is 8.77. The van der Waals surface area contributed by atoms with E-state index in [0.29, 0.717) is 11.1 Å². The van der Waals surface area contributed by atoms with Gasteiger partial charge in [-0.15, -0.1) is 0 Å². The van der Waals surface area contributed by atoms with Gasteiger partial charge in [0.1, 0.15) is 24.2 Å². The molecule has 38 heavy (non-hydrogen) atoms. The summed E-state index contributed by atoms with van der Waals surface area (Å²) < 4.78 is 0. The molecule has 8 N–H and O–H groups in total. The fourth-order valence-corrected chi connectivity index (χ4v) is 3.52. The van der Waals surface area contributed by atoms with Crippen molar-refractivity contribution in [1.29, 1.82) is 0 Å². The highest BCUT2D eigenvalue weighted by Crippen LogP contribution is 2.08. The molecule has 5 unspecified atom stereocenters. The molecule has 0 saturated heterocycles. The lowest BCUT2D eigenvalue weighted by Gasteiger charge is -2.25. The highest BCUT2D eigenvalue weighted by molar-refractivity contribution is 5.95. The van der Waals surface area contributed by atoms with Crippen molar-refractivity contribution in [3.05, 3.63) is 71.8 Å². The lowest BCUT2D eigenvalue weighted by molar-refractivity contribution is -0.143. The van der Waals surface area contributed by atoms with Crippen LogP contribution in [0.4, 0.5) is 0 Å². The van der Waals surface area contributed by atoms with Gasteiger partial charge in [-0.25, -0.2) is 4.79 Å². The van der Waals surface area contributed by atoms with E-state index in [1.807, 2.05) is 0 Å². The molecule has 0 aromatic heterocycles. The van der Waals surface area contributed by atoms with Crippen LogP contribution in [0.15, 0.2) is 60.7 Å². The van der Waals surface area contributed by atoms with Crippen LogP contribution in [0.1, 0.15) is 24.5 Å². The van der Waals surface area contributed by atoms with E-state index in [0.717, 1.165) is 0 Å². The summed E-state index contributed by atoms with van der Waals surface area (Å²) in [5.74, 6) is -5.46. The molecule has 0 saturated carbocycles. The number of benzene rings is 2.